The van der Waals surface area contributed by atoms with Crippen LogP contribution in [0.15, 0.2) is 41.5 Å². The van der Waals surface area contributed by atoms with Gasteiger partial charge in [0.15, 0.2) is 0 Å². The molecule has 0 aliphatic heterocycles. The van der Waals surface area contributed by atoms with Crippen molar-refractivity contribution in [3.63, 3.8) is 0 Å². The van der Waals surface area contributed by atoms with Crippen molar-refractivity contribution in [2.24, 2.45) is 0 Å². The van der Waals surface area contributed by atoms with E-state index in [0.29, 0.717) is 10.7 Å². The number of halogens is 4. The summed E-state index contributed by atoms with van der Waals surface area (Å²) < 4.78 is 40.8. The first-order valence-corrected chi connectivity index (χ1v) is 7.74. The molecule has 0 saturated heterocycles. The molecule has 0 amide bonds. The summed E-state index contributed by atoms with van der Waals surface area (Å²) in [6.07, 6.45) is -2.05. The van der Waals surface area contributed by atoms with Gasteiger partial charge in [0.05, 0.1) is 16.6 Å². The van der Waals surface area contributed by atoms with Crippen molar-refractivity contribution in [2.45, 2.75) is 13.1 Å². The maximum absolute atomic E-state index is 12.8. The smallest absolute Gasteiger partial charge is 0.283 e. The van der Waals surface area contributed by atoms with Gasteiger partial charge in [0.25, 0.3) is 17.2 Å². The molecule has 0 spiro atoms. The Morgan fingerprint density at radius 3 is 2.69 bits per heavy atom. The number of benzene rings is 1. The molecule has 0 bridgehead atoms. The average molecular weight is 380 g/mol. The Bertz CT molecular complexity index is 1230. The predicted octanol–water partition coefficient (Wildman–Crippen LogP) is 3.41. The van der Waals surface area contributed by atoms with Gasteiger partial charge in [-0.25, -0.2) is 4.98 Å². The highest BCUT2D eigenvalue weighted by Gasteiger charge is 2.36. The predicted molar refractivity (Wildman–Crippen MR) is 88.6 cm³/mol. The minimum atomic E-state index is -4.70. The highest BCUT2D eigenvalue weighted by molar-refractivity contribution is 6.30. The van der Waals surface area contributed by atoms with Crippen molar-refractivity contribution in [2.75, 3.05) is 0 Å². The van der Waals surface area contributed by atoms with Crippen molar-refractivity contribution in [3.8, 4) is 5.69 Å². The molecule has 10 heteroatoms. The lowest BCUT2D eigenvalue weighted by Gasteiger charge is -2.10. The van der Waals surface area contributed by atoms with Gasteiger partial charge in [-0.05, 0) is 30.7 Å². The number of hydrogen-bond acceptors (Lipinski definition) is 4. The summed E-state index contributed by atoms with van der Waals surface area (Å²) in [5.41, 5.74) is 1.11. The lowest BCUT2D eigenvalue weighted by atomic mass is 10.2. The fraction of sp³-hybridized carbons (Fsp3) is 0.125. The molecule has 1 aromatic carbocycles. The van der Waals surface area contributed by atoms with Crippen LogP contribution in [0.25, 0.3) is 22.4 Å². The zero-order chi connectivity index (χ0) is 18.6. The molecule has 3 aromatic heterocycles. The van der Waals surface area contributed by atoms with E-state index in [0.717, 1.165) is 10.1 Å². The number of aryl methyl sites for hydroxylation is 1. The van der Waals surface area contributed by atoms with Gasteiger partial charge >= 0.3 is 6.18 Å². The Hall–Kier alpha value is -2.94. The second kappa shape index (κ2) is 5.53. The van der Waals surface area contributed by atoms with Crippen molar-refractivity contribution in [3.05, 3.63) is 63.4 Å². The molecule has 0 radical (unpaired) electrons. The summed E-state index contributed by atoms with van der Waals surface area (Å²) in [4.78, 5) is 20.0. The number of fused-ring (bicyclic) bond motifs is 3. The van der Waals surface area contributed by atoms with Crippen molar-refractivity contribution < 1.29 is 13.2 Å². The van der Waals surface area contributed by atoms with Crippen LogP contribution in [0.2, 0.25) is 5.02 Å². The first-order valence-electron chi connectivity index (χ1n) is 7.36. The monoisotopic (exact) mass is 379 g/mol. The zero-order valence-corrected chi connectivity index (χ0v) is 13.9. The molecular weight excluding hydrogens is 371 g/mol. The third-order valence-corrected chi connectivity index (χ3v) is 4.15. The van der Waals surface area contributed by atoms with Crippen LogP contribution in [-0.4, -0.2) is 24.1 Å². The second-order valence-electron chi connectivity index (χ2n) is 5.62. The number of rotatable bonds is 1. The lowest BCUT2D eigenvalue weighted by molar-refractivity contribution is -0.144. The first kappa shape index (κ1) is 16.5. The number of nitrogens with zero attached hydrogens (tertiary/aromatic N) is 5. The van der Waals surface area contributed by atoms with Crippen LogP contribution >= 0.6 is 11.6 Å². The number of pyridine rings is 1. The minimum Gasteiger partial charge on any atom is -0.283 e. The Kier molecular flexibility index (Phi) is 3.52. The van der Waals surface area contributed by atoms with Gasteiger partial charge in [-0.1, -0.05) is 17.7 Å². The van der Waals surface area contributed by atoms with Gasteiger partial charge in [0, 0.05) is 17.4 Å². The van der Waals surface area contributed by atoms with Crippen LogP contribution in [-0.2, 0) is 6.18 Å². The molecule has 0 unspecified atom stereocenters. The highest BCUT2D eigenvalue weighted by atomic mass is 35.5. The van der Waals surface area contributed by atoms with Crippen LogP contribution in [0.5, 0.6) is 0 Å². The summed E-state index contributed by atoms with van der Waals surface area (Å²) in [5, 5.41) is 4.00. The van der Waals surface area contributed by atoms with Crippen LogP contribution in [0.4, 0.5) is 13.2 Å². The first-order chi connectivity index (χ1) is 12.3. The van der Waals surface area contributed by atoms with Gasteiger partial charge in [-0.15, -0.1) is 5.10 Å². The van der Waals surface area contributed by atoms with E-state index in [1.807, 2.05) is 6.92 Å². The summed E-state index contributed by atoms with van der Waals surface area (Å²) in [5.74, 6) is -1.55. The van der Waals surface area contributed by atoms with E-state index in [-0.39, 0.29) is 16.7 Å². The molecule has 3 heterocycles. The maximum Gasteiger partial charge on any atom is 0.453 e. The SMILES string of the molecule is Cc1ccc(Cl)cc1-n1ccc2c(cnc3nc(C(F)(F)F)nn32)c1=O. The lowest BCUT2D eigenvalue weighted by Crippen LogP contribution is -2.19. The molecule has 4 aromatic rings. The van der Waals surface area contributed by atoms with Crippen LogP contribution in [0.3, 0.4) is 0 Å². The quantitative estimate of drug-likeness (QED) is 0.508. The average Bonchev–Trinajstić information content (AvgIpc) is 3.02. The van der Waals surface area contributed by atoms with E-state index in [1.165, 1.54) is 23.0 Å². The zero-order valence-electron chi connectivity index (χ0n) is 13.1. The van der Waals surface area contributed by atoms with E-state index in [4.69, 9.17) is 11.6 Å². The Morgan fingerprint density at radius 1 is 1.19 bits per heavy atom. The van der Waals surface area contributed by atoms with Crippen LogP contribution in [0.1, 0.15) is 11.4 Å². The summed E-state index contributed by atoms with van der Waals surface area (Å²) in [7, 11) is 0. The van der Waals surface area contributed by atoms with Crippen LogP contribution < -0.4 is 5.56 Å². The molecule has 0 saturated carbocycles. The molecule has 0 atom stereocenters. The summed E-state index contributed by atoms with van der Waals surface area (Å²) in [6, 6.07) is 6.59. The Morgan fingerprint density at radius 2 is 1.96 bits per heavy atom. The Labute approximate surface area is 148 Å². The molecular formula is C16H9ClF3N5O. The van der Waals surface area contributed by atoms with Crippen molar-refractivity contribution in [1.82, 2.24) is 24.1 Å². The molecule has 0 fully saturated rings. The number of aromatic nitrogens is 5. The van der Waals surface area contributed by atoms with E-state index in [2.05, 4.69) is 15.1 Å². The fourth-order valence-electron chi connectivity index (χ4n) is 2.67. The van der Waals surface area contributed by atoms with Gasteiger partial charge in [-0.2, -0.15) is 22.7 Å². The molecule has 6 nitrogen and oxygen atoms in total. The minimum absolute atomic E-state index is 0.109. The number of hydrogen-bond donors (Lipinski definition) is 0. The third-order valence-electron chi connectivity index (χ3n) is 3.92. The topological polar surface area (TPSA) is 65.1 Å². The molecule has 26 heavy (non-hydrogen) atoms. The molecule has 0 aliphatic rings. The molecule has 0 aliphatic carbocycles. The summed E-state index contributed by atoms with van der Waals surface area (Å²) >= 11 is 6.00. The largest absolute Gasteiger partial charge is 0.453 e. The summed E-state index contributed by atoms with van der Waals surface area (Å²) in [6.45, 7) is 1.82. The fourth-order valence-corrected chi connectivity index (χ4v) is 2.84. The molecule has 0 N–H and O–H groups in total. The van der Waals surface area contributed by atoms with Gasteiger partial charge in [0.2, 0.25) is 0 Å². The van der Waals surface area contributed by atoms with Gasteiger partial charge < -0.3 is 0 Å². The van der Waals surface area contributed by atoms with Gasteiger partial charge in [0.1, 0.15) is 0 Å². The van der Waals surface area contributed by atoms with Crippen molar-refractivity contribution >= 4 is 28.3 Å². The van der Waals surface area contributed by atoms with E-state index >= 15 is 0 Å². The normalized spacial score (nSPS) is 12.2. The standard InChI is InChI=1S/C16H9ClF3N5O/c1-8-2-3-9(17)6-12(8)24-5-4-11-10(13(24)26)7-21-15-22-14(16(18,19)20)23-25(11)15/h2-7H,1H3. The van der Waals surface area contributed by atoms with E-state index < -0.39 is 17.6 Å². The molecule has 4 rings (SSSR count). The maximum atomic E-state index is 12.8. The van der Waals surface area contributed by atoms with E-state index in [1.54, 1.807) is 18.2 Å². The van der Waals surface area contributed by atoms with Gasteiger partial charge in [-0.3, -0.25) is 9.36 Å². The highest BCUT2D eigenvalue weighted by Crippen LogP contribution is 2.27. The second-order valence-corrected chi connectivity index (χ2v) is 6.06. The van der Waals surface area contributed by atoms with Crippen molar-refractivity contribution in [1.29, 1.82) is 0 Å². The number of alkyl halides is 3. The Balaban J connectivity index is 2.01. The third kappa shape index (κ3) is 2.51. The van der Waals surface area contributed by atoms with E-state index in [9.17, 15) is 18.0 Å². The molecule has 132 valence electrons. The van der Waals surface area contributed by atoms with Crippen LogP contribution in [0, 0.1) is 6.92 Å².